The maximum absolute atomic E-state index is 12.9. The molecular weight excluding hydrogens is 444 g/mol. The maximum atomic E-state index is 12.9. The first kappa shape index (κ1) is 23.9. The highest BCUT2D eigenvalue weighted by molar-refractivity contribution is 7.80. The van der Waals surface area contributed by atoms with Crippen molar-refractivity contribution in [3.05, 3.63) is 65.7 Å². The van der Waals surface area contributed by atoms with Crippen LogP contribution in [0, 0.1) is 0 Å². The number of esters is 1. The van der Waals surface area contributed by atoms with Gasteiger partial charge in [-0.2, -0.15) is 0 Å². The molecule has 3 rings (SSSR count). The molecule has 10 heteroatoms. The zero-order chi connectivity index (χ0) is 24.0. The van der Waals surface area contributed by atoms with Crippen LogP contribution in [0.2, 0.25) is 0 Å². The molecule has 1 heterocycles. The van der Waals surface area contributed by atoms with Crippen LogP contribution in [0.15, 0.2) is 54.6 Å². The van der Waals surface area contributed by atoms with Crippen LogP contribution in [0.25, 0.3) is 0 Å². The van der Waals surface area contributed by atoms with E-state index >= 15 is 0 Å². The van der Waals surface area contributed by atoms with Crippen LogP contribution in [0.1, 0.15) is 41.0 Å². The topological polar surface area (TPSA) is 108 Å². The summed E-state index contributed by atoms with van der Waals surface area (Å²) in [5.74, 6) is -1.71. The van der Waals surface area contributed by atoms with Crippen molar-refractivity contribution >= 4 is 46.7 Å². The molecular formula is C23H24N4O5S. The lowest BCUT2D eigenvalue weighted by atomic mass is 10.1. The largest absolute Gasteiger partial charge is 0.462 e. The minimum atomic E-state index is -0.982. The molecule has 0 bridgehead atoms. The third-order valence-electron chi connectivity index (χ3n) is 4.93. The first-order valence-corrected chi connectivity index (χ1v) is 10.8. The number of thiocarbonyl (C=S) groups is 1. The van der Waals surface area contributed by atoms with Gasteiger partial charge in [-0.1, -0.05) is 18.2 Å². The fourth-order valence-corrected chi connectivity index (χ4v) is 3.69. The molecule has 1 unspecified atom stereocenters. The molecule has 2 N–H and O–H groups in total. The Labute approximate surface area is 196 Å². The van der Waals surface area contributed by atoms with Crippen molar-refractivity contribution in [2.45, 2.75) is 26.3 Å². The lowest BCUT2D eigenvalue weighted by Crippen LogP contribution is -2.49. The number of hydrogen-bond acceptors (Lipinski definition) is 6. The lowest BCUT2D eigenvalue weighted by Gasteiger charge is -2.24. The number of anilines is 1. The van der Waals surface area contributed by atoms with Crippen LogP contribution in [-0.2, 0) is 14.3 Å². The van der Waals surface area contributed by atoms with Gasteiger partial charge in [0.2, 0.25) is 5.91 Å². The Morgan fingerprint density at radius 2 is 1.67 bits per heavy atom. The molecule has 9 nitrogen and oxygen atoms in total. The Kier molecular flexibility index (Phi) is 7.73. The van der Waals surface area contributed by atoms with Gasteiger partial charge in [0.05, 0.1) is 18.6 Å². The van der Waals surface area contributed by atoms with E-state index in [0.29, 0.717) is 23.4 Å². The number of rotatable bonds is 8. The molecule has 172 valence electrons. The normalized spacial score (nSPS) is 15.4. The monoisotopic (exact) mass is 468 g/mol. The molecule has 2 aromatic carbocycles. The van der Waals surface area contributed by atoms with Gasteiger partial charge >= 0.3 is 5.97 Å². The van der Waals surface area contributed by atoms with Crippen molar-refractivity contribution in [2.24, 2.45) is 0 Å². The van der Waals surface area contributed by atoms with Gasteiger partial charge in [-0.15, -0.1) is 0 Å². The summed E-state index contributed by atoms with van der Waals surface area (Å²) in [5, 5.41) is 4.09. The number of carbonyl (C=O) groups excluding carboxylic acids is 4. The summed E-state index contributed by atoms with van der Waals surface area (Å²) in [6, 6.07) is 13.7. The molecule has 1 fully saturated rings. The molecule has 1 aliphatic rings. The van der Waals surface area contributed by atoms with E-state index in [2.05, 4.69) is 10.7 Å². The van der Waals surface area contributed by atoms with Crippen LogP contribution in [0.3, 0.4) is 0 Å². The second-order valence-corrected chi connectivity index (χ2v) is 7.47. The number of hydrazine groups is 1. The first-order valence-electron chi connectivity index (χ1n) is 10.4. The average Bonchev–Trinajstić information content (AvgIpc) is 3.03. The zero-order valence-electron chi connectivity index (χ0n) is 18.2. The Bertz CT molecular complexity index is 1060. The third-order valence-corrected chi connectivity index (χ3v) is 5.35. The number of carbonyl (C=O) groups is 4. The van der Waals surface area contributed by atoms with E-state index in [1.165, 1.54) is 22.0 Å². The van der Waals surface area contributed by atoms with Crippen LogP contribution < -0.4 is 10.7 Å². The molecule has 33 heavy (non-hydrogen) atoms. The number of benzene rings is 2. The van der Waals surface area contributed by atoms with Gasteiger partial charge in [0.25, 0.3) is 11.8 Å². The standard InChI is InChI=1S/C23H24N4O5S/c1-3-26-21(30)18(27(23(26)33)25-20(29)15-8-6-5-7-9-15)14-19(28)24-17-12-10-16(11-13-17)22(31)32-4-2/h5-13,18H,3-4,14H2,1-2H3,(H,24,28)(H,25,29). The Morgan fingerprint density at radius 3 is 2.27 bits per heavy atom. The van der Waals surface area contributed by atoms with Crippen LogP contribution in [0.5, 0.6) is 0 Å². The molecule has 0 saturated carbocycles. The molecule has 0 aliphatic carbocycles. The van der Waals surface area contributed by atoms with Crippen molar-refractivity contribution in [3.8, 4) is 0 Å². The first-order chi connectivity index (χ1) is 15.8. The van der Waals surface area contributed by atoms with Gasteiger partial charge < -0.3 is 10.1 Å². The fraction of sp³-hybridized carbons (Fsp3) is 0.261. The molecule has 1 aliphatic heterocycles. The minimum Gasteiger partial charge on any atom is -0.462 e. The second kappa shape index (κ2) is 10.7. The highest BCUT2D eigenvalue weighted by Gasteiger charge is 2.43. The summed E-state index contributed by atoms with van der Waals surface area (Å²) in [6.07, 6.45) is -0.232. The SMILES string of the molecule is CCOC(=O)c1ccc(NC(=O)CC2C(=O)N(CC)C(=S)N2NC(=O)c2ccccc2)cc1. The van der Waals surface area contributed by atoms with Crippen molar-refractivity contribution < 1.29 is 23.9 Å². The van der Waals surface area contributed by atoms with E-state index in [4.69, 9.17) is 17.0 Å². The quantitative estimate of drug-likeness (QED) is 0.452. The summed E-state index contributed by atoms with van der Waals surface area (Å²) in [6.45, 7) is 4.05. The molecule has 0 aromatic heterocycles. The number of nitrogens with zero attached hydrogens (tertiary/aromatic N) is 2. The van der Waals surface area contributed by atoms with Crippen molar-refractivity contribution in [1.82, 2.24) is 15.3 Å². The molecule has 0 spiro atoms. The van der Waals surface area contributed by atoms with E-state index in [9.17, 15) is 19.2 Å². The van der Waals surface area contributed by atoms with Gasteiger partial charge in [-0.05, 0) is 62.5 Å². The summed E-state index contributed by atoms with van der Waals surface area (Å²) >= 11 is 5.37. The van der Waals surface area contributed by atoms with E-state index < -0.39 is 23.8 Å². The van der Waals surface area contributed by atoms with E-state index in [0.717, 1.165) is 0 Å². The summed E-state index contributed by atoms with van der Waals surface area (Å²) in [7, 11) is 0. The molecule has 2 aromatic rings. The van der Waals surface area contributed by atoms with Crippen molar-refractivity contribution in [1.29, 1.82) is 0 Å². The number of ether oxygens (including phenoxy) is 1. The van der Waals surface area contributed by atoms with Gasteiger partial charge in [0.15, 0.2) is 5.11 Å². The van der Waals surface area contributed by atoms with Crippen LogP contribution in [0.4, 0.5) is 5.69 Å². The molecule has 1 saturated heterocycles. The predicted octanol–water partition coefficient (Wildman–Crippen LogP) is 2.35. The Morgan fingerprint density at radius 1 is 1.00 bits per heavy atom. The van der Waals surface area contributed by atoms with E-state index in [1.807, 2.05) is 0 Å². The number of hydrogen-bond donors (Lipinski definition) is 2. The zero-order valence-corrected chi connectivity index (χ0v) is 19.1. The number of nitrogens with one attached hydrogen (secondary N) is 2. The number of likely N-dealkylation sites (N-methyl/N-ethyl adjacent to an activating group) is 1. The maximum Gasteiger partial charge on any atom is 0.338 e. The highest BCUT2D eigenvalue weighted by Crippen LogP contribution is 2.20. The van der Waals surface area contributed by atoms with E-state index in [-0.39, 0.29) is 24.0 Å². The molecule has 0 radical (unpaired) electrons. The van der Waals surface area contributed by atoms with Crippen molar-refractivity contribution in [3.63, 3.8) is 0 Å². The van der Waals surface area contributed by atoms with E-state index in [1.54, 1.807) is 56.3 Å². The Hall–Kier alpha value is -3.79. The van der Waals surface area contributed by atoms with Gasteiger partial charge in [-0.25, -0.2) is 9.80 Å². The average molecular weight is 469 g/mol. The lowest BCUT2D eigenvalue weighted by molar-refractivity contribution is -0.130. The second-order valence-electron chi connectivity index (χ2n) is 7.11. The molecule has 1 atom stereocenters. The van der Waals surface area contributed by atoms with Gasteiger partial charge in [0.1, 0.15) is 6.04 Å². The smallest absolute Gasteiger partial charge is 0.338 e. The Balaban J connectivity index is 1.70. The summed E-state index contributed by atoms with van der Waals surface area (Å²) in [4.78, 5) is 51.3. The fourth-order valence-electron chi connectivity index (χ4n) is 3.30. The van der Waals surface area contributed by atoms with Gasteiger partial charge in [0, 0.05) is 17.8 Å². The van der Waals surface area contributed by atoms with Crippen LogP contribution in [-0.4, -0.2) is 57.9 Å². The third kappa shape index (κ3) is 5.53. The minimum absolute atomic E-state index is 0.128. The molecule has 3 amide bonds. The van der Waals surface area contributed by atoms with Crippen LogP contribution >= 0.6 is 12.2 Å². The van der Waals surface area contributed by atoms with Gasteiger partial charge in [-0.3, -0.25) is 24.7 Å². The number of amides is 3. The van der Waals surface area contributed by atoms with Crippen molar-refractivity contribution in [2.75, 3.05) is 18.5 Å². The summed E-state index contributed by atoms with van der Waals surface area (Å²) < 4.78 is 4.93. The highest BCUT2D eigenvalue weighted by atomic mass is 32.1. The summed E-state index contributed by atoms with van der Waals surface area (Å²) in [5.41, 5.74) is 3.86. The predicted molar refractivity (Wildman–Crippen MR) is 125 cm³/mol.